The topological polar surface area (TPSA) is 67.8 Å². The van der Waals surface area contributed by atoms with Crippen LogP contribution in [0.2, 0.25) is 0 Å². The molecule has 0 aliphatic carbocycles. The van der Waals surface area contributed by atoms with Gasteiger partial charge in [-0.3, -0.25) is 0 Å². The highest BCUT2D eigenvalue weighted by Crippen LogP contribution is 2.17. The molecule has 1 atom stereocenters. The van der Waals surface area contributed by atoms with E-state index in [1.165, 1.54) is 12.1 Å². The largest absolute Gasteiger partial charge is 0.507 e. The Morgan fingerprint density at radius 2 is 2.31 bits per heavy atom. The van der Waals surface area contributed by atoms with Gasteiger partial charge in [0.2, 0.25) is 6.29 Å². The van der Waals surface area contributed by atoms with Crippen LogP contribution in [0.3, 0.4) is 0 Å². The molecule has 2 N–H and O–H groups in total. The van der Waals surface area contributed by atoms with Crippen molar-refractivity contribution >= 4 is 5.97 Å². The first-order valence-electron chi connectivity index (χ1n) is 5.08. The summed E-state index contributed by atoms with van der Waals surface area (Å²) in [6, 6.07) is 6.26. The predicted molar refractivity (Wildman–Crippen MR) is 56.1 cm³/mol. The minimum Gasteiger partial charge on any atom is -0.507 e. The summed E-state index contributed by atoms with van der Waals surface area (Å²) in [4.78, 5) is 11.6. The molecule has 1 heterocycles. The molecule has 0 amide bonds. The molecule has 1 aliphatic heterocycles. The first-order chi connectivity index (χ1) is 7.77. The fourth-order valence-electron chi connectivity index (χ4n) is 1.45. The Balaban J connectivity index is 2.00. The van der Waals surface area contributed by atoms with Gasteiger partial charge in [0.25, 0.3) is 0 Å². The van der Waals surface area contributed by atoms with Crippen molar-refractivity contribution in [2.45, 2.75) is 6.29 Å². The Bertz CT molecular complexity index is 374. The van der Waals surface area contributed by atoms with Crippen LogP contribution in [-0.4, -0.2) is 37.1 Å². The second-order valence-corrected chi connectivity index (χ2v) is 3.43. The second kappa shape index (κ2) is 4.96. The van der Waals surface area contributed by atoms with Crippen LogP contribution in [0.25, 0.3) is 0 Å². The summed E-state index contributed by atoms with van der Waals surface area (Å²) in [6.07, 6.45) is -0.583. The Kier molecular flexibility index (Phi) is 3.38. The summed E-state index contributed by atoms with van der Waals surface area (Å²) >= 11 is 0. The van der Waals surface area contributed by atoms with Crippen molar-refractivity contribution in [3.8, 4) is 5.75 Å². The molecule has 1 aromatic rings. The number of aromatic hydroxyl groups is 1. The van der Waals surface area contributed by atoms with Crippen LogP contribution in [0.4, 0.5) is 0 Å². The summed E-state index contributed by atoms with van der Waals surface area (Å²) in [5.74, 6) is -0.664. The van der Waals surface area contributed by atoms with E-state index >= 15 is 0 Å². The van der Waals surface area contributed by atoms with E-state index in [-0.39, 0.29) is 11.3 Å². The van der Waals surface area contributed by atoms with Crippen LogP contribution in [0.5, 0.6) is 5.75 Å². The molecule has 1 fully saturated rings. The number of rotatable bonds is 2. The number of esters is 1. The van der Waals surface area contributed by atoms with Gasteiger partial charge in [0.05, 0.1) is 13.2 Å². The van der Waals surface area contributed by atoms with E-state index in [0.29, 0.717) is 13.2 Å². The first-order valence-corrected chi connectivity index (χ1v) is 5.08. The smallest absolute Gasteiger partial charge is 0.344 e. The number of nitrogens with one attached hydrogen (secondary N) is 1. The summed E-state index contributed by atoms with van der Waals surface area (Å²) in [5, 5.41) is 12.5. The maximum atomic E-state index is 11.6. The van der Waals surface area contributed by atoms with Crippen LogP contribution in [0, 0.1) is 0 Å². The van der Waals surface area contributed by atoms with Gasteiger partial charge in [-0.1, -0.05) is 12.1 Å². The molecule has 5 heteroatoms. The number of hydrogen-bond acceptors (Lipinski definition) is 5. The predicted octanol–water partition coefficient (Wildman–Crippen LogP) is 0.495. The number of benzene rings is 1. The van der Waals surface area contributed by atoms with Crippen molar-refractivity contribution in [1.82, 2.24) is 5.32 Å². The Hall–Kier alpha value is -1.59. The lowest BCUT2D eigenvalue weighted by Gasteiger charge is -2.23. The average Bonchev–Trinajstić information content (AvgIpc) is 2.31. The third kappa shape index (κ3) is 2.50. The maximum Gasteiger partial charge on any atom is 0.344 e. The third-order valence-corrected chi connectivity index (χ3v) is 2.26. The molecule has 1 aliphatic rings. The highest BCUT2D eigenvalue weighted by molar-refractivity contribution is 5.92. The quantitative estimate of drug-likeness (QED) is 0.714. The molecule has 5 nitrogen and oxygen atoms in total. The van der Waals surface area contributed by atoms with Gasteiger partial charge in [-0.15, -0.1) is 0 Å². The molecule has 1 aromatic carbocycles. The van der Waals surface area contributed by atoms with E-state index in [0.717, 1.165) is 6.54 Å². The fraction of sp³-hybridized carbons (Fsp3) is 0.364. The molecule has 2 rings (SSSR count). The Morgan fingerprint density at radius 1 is 1.50 bits per heavy atom. The minimum absolute atomic E-state index is 0.0868. The van der Waals surface area contributed by atoms with Gasteiger partial charge in [-0.25, -0.2) is 4.79 Å². The zero-order valence-electron chi connectivity index (χ0n) is 8.68. The number of morpholine rings is 1. The number of carbonyl (C=O) groups is 1. The van der Waals surface area contributed by atoms with Crippen molar-refractivity contribution in [1.29, 1.82) is 0 Å². The van der Waals surface area contributed by atoms with Gasteiger partial charge in [0.1, 0.15) is 11.3 Å². The van der Waals surface area contributed by atoms with Crippen molar-refractivity contribution in [2.75, 3.05) is 19.7 Å². The van der Waals surface area contributed by atoms with Crippen LogP contribution in [0.15, 0.2) is 24.3 Å². The molecule has 0 saturated carbocycles. The van der Waals surface area contributed by atoms with E-state index in [1.807, 2.05) is 0 Å². The zero-order chi connectivity index (χ0) is 11.4. The van der Waals surface area contributed by atoms with Gasteiger partial charge in [-0.2, -0.15) is 0 Å². The number of phenolic OH excluding ortho intramolecular Hbond substituents is 1. The summed E-state index contributed by atoms with van der Waals surface area (Å²) < 4.78 is 10.3. The number of phenols is 1. The van der Waals surface area contributed by atoms with Crippen molar-refractivity contribution in [2.24, 2.45) is 0 Å². The van der Waals surface area contributed by atoms with Gasteiger partial charge in [0.15, 0.2) is 0 Å². The summed E-state index contributed by atoms with van der Waals surface area (Å²) in [5.41, 5.74) is 0.150. The Morgan fingerprint density at radius 3 is 3.00 bits per heavy atom. The van der Waals surface area contributed by atoms with Crippen LogP contribution in [0.1, 0.15) is 10.4 Å². The number of hydrogen-bond donors (Lipinski definition) is 2. The molecular weight excluding hydrogens is 210 g/mol. The Labute approximate surface area is 93.0 Å². The molecule has 0 bridgehead atoms. The van der Waals surface area contributed by atoms with Gasteiger partial charge in [0, 0.05) is 6.54 Å². The minimum atomic E-state index is -0.583. The number of para-hydroxylation sites is 1. The molecule has 0 aromatic heterocycles. The lowest BCUT2D eigenvalue weighted by Crippen LogP contribution is -2.41. The lowest BCUT2D eigenvalue weighted by atomic mass is 10.2. The maximum absolute atomic E-state index is 11.6. The third-order valence-electron chi connectivity index (χ3n) is 2.26. The molecule has 0 spiro atoms. The van der Waals surface area contributed by atoms with Crippen molar-refractivity contribution in [3.05, 3.63) is 29.8 Å². The van der Waals surface area contributed by atoms with Crippen LogP contribution < -0.4 is 5.32 Å². The van der Waals surface area contributed by atoms with E-state index in [2.05, 4.69) is 5.32 Å². The fourth-order valence-corrected chi connectivity index (χ4v) is 1.45. The normalized spacial score (nSPS) is 20.4. The molecule has 1 unspecified atom stereocenters. The first kappa shape index (κ1) is 10.9. The molecular formula is C11H13NO4. The zero-order valence-corrected chi connectivity index (χ0v) is 8.68. The highest BCUT2D eigenvalue weighted by Gasteiger charge is 2.20. The average molecular weight is 223 g/mol. The van der Waals surface area contributed by atoms with Gasteiger partial charge in [-0.05, 0) is 12.1 Å². The SMILES string of the molecule is O=C(OC1CNCCO1)c1ccccc1O. The van der Waals surface area contributed by atoms with Gasteiger partial charge >= 0.3 is 5.97 Å². The van der Waals surface area contributed by atoms with Crippen molar-refractivity contribution in [3.63, 3.8) is 0 Å². The number of ether oxygens (including phenoxy) is 2. The molecule has 0 radical (unpaired) electrons. The van der Waals surface area contributed by atoms with E-state index in [4.69, 9.17) is 9.47 Å². The van der Waals surface area contributed by atoms with Crippen molar-refractivity contribution < 1.29 is 19.4 Å². The summed E-state index contributed by atoms with van der Waals surface area (Å²) in [7, 11) is 0. The van der Waals surface area contributed by atoms with E-state index < -0.39 is 12.3 Å². The van der Waals surface area contributed by atoms with E-state index in [9.17, 15) is 9.90 Å². The lowest BCUT2D eigenvalue weighted by molar-refractivity contribution is -0.121. The second-order valence-electron chi connectivity index (χ2n) is 3.43. The molecule has 86 valence electrons. The van der Waals surface area contributed by atoms with Crippen LogP contribution in [-0.2, 0) is 9.47 Å². The van der Waals surface area contributed by atoms with Gasteiger partial charge < -0.3 is 19.9 Å². The summed E-state index contributed by atoms with van der Waals surface area (Å²) in [6.45, 7) is 1.74. The van der Waals surface area contributed by atoms with Crippen LogP contribution >= 0.6 is 0 Å². The monoisotopic (exact) mass is 223 g/mol. The standard InChI is InChI=1S/C11H13NO4/c13-9-4-2-1-3-8(9)11(14)16-10-7-12-5-6-15-10/h1-4,10,12-13H,5-7H2. The van der Waals surface area contributed by atoms with E-state index in [1.54, 1.807) is 12.1 Å². The highest BCUT2D eigenvalue weighted by atomic mass is 16.7. The molecule has 1 saturated heterocycles. The number of carbonyl (C=O) groups excluding carboxylic acids is 1. The molecule has 16 heavy (non-hydrogen) atoms.